The third-order valence-corrected chi connectivity index (χ3v) is 7.25. The van der Waals surface area contributed by atoms with Crippen LogP contribution >= 0.6 is 0 Å². The van der Waals surface area contributed by atoms with Gasteiger partial charge in [0, 0.05) is 54.3 Å². The summed E-state index contributed by atoms with van der Waals surface area (Å²) in [6.07, 6.45) is 5.35. The Morgan fingerprint density at radius 2 is 1.84 bits per heavy atom. The van der Waals surface area contributed by atoms with Crippen LogP contribution in [0.1, 0.15) is 36.7 Å². The summed E-state index contributed by atoms with van der Waals surface area (Å²) in [4.78, 5) is 22.9. The van der Waals surface area contributed by atoms with E-state index in [4.69, 9.17) is 4.74 Å². The van der Waals surface area contributed by atoms with Crippen molar-refractivity contribution < 1.29 is 23.4 Å². The summed E-state index contributed by atoms with van der Waals surface area (Å²) >= 11 is 0. The van der Waals surface area contributed by atoms with Crippen molar-refractivity contribution in [2.45, 2.75) is 39.7 Å². The predicted octanol–water partition coefficient (Wildman–Crippen LogP) is 5.59. The third kappa shape index (κ3) is 4.98. The number of imidazole rings is 1. The van der Waals surface area contributed by atoms with Gasteiger partial charge >= 0.3 is 12.6 Å². The second-order valence-electron chi connectivity index (χ2n) is 9.71. The van der Waals surface area contributed by atoms with Crippen molar-refractivity contribution in [3.63, 3.8) is 0 Å². The number of aryl methyl sites for hydroxylation is 1. The van der Waals surface area contributed by atoms with E-state index in [2.05, 4.69) is 14.9 Å². The van der Waals surface area contributed by atoms with E-state index in [0.29, 0.717) is 37.9 Å². The molecule has 0 radical (unpaired) electrons. The molecule has 0 aliphatic carbocycles. The SMILES string of the molecule is Cc1nc2ccc(-c3ccc(N4CCC(C)(C(=O)O)CC4)nc3)cn2c1Cc1ccccc1OC(F)F. The molecule has 1 N–H and O–H groups in total. The highest BCUT2D eigenvalue weighted by atomic mass is 19.3. The molecule has 7 nitrogen and oxygen atoms in total. The van der Waals surface area contributed by atoms with E-state index in [9.17, 15) is 18.7 Å². The molecule has 3 aromatic heterocycles. The monoisotopic (exact) mass is 506 g/mol. The smallest absolute Gasteiger partial charge is 0.387 e. The lowest BCUT2D eigenvalue weighted by Crippen LogP contribution is -2.43. The fraction of sp³-hybridized carbons (Fsp3) is 0.321. The number of carboxylic acids is 1. The molecule has 0 spiro atoms. The molecule has 1 aliphatic heterocycles. The van der Waals surface area contributed by atoms with Crippen LogP contribution in [0.5, 0.6) is 5.75 Å². The van der Waals surface area contributed by atoms with Gasteiger partial charge < -0.3 is 19.1 Å². The number of benzene rings is 1. The van der Waals surface area contributed by atoms with Gasteiger partial charge in [0.1, 0.15) is 17.2 Å². The molecule has 1 aliphatic rings. The summed E-state index contributed by atoms with van der Waals surface area (Å²) in [5.74, 6) is 0.237. The number of hydrogen-bond acceptors (Lipinski definition) is 5. The quantitative estimate of drug-likeness (QED) is 0.352. The number of fused-ring (bicyclic) bond motifs is 1. The molecule has 0 bridgehead atoms. The van der Waals surface area contributed by atoms with Crippen LogP contribution in [0.15, 0.2) is 60.9 Å². The number of alkyl halides is 2. The van der Waals surface area contributed by atoms with Crippen LogP contribution in [0.25, 0.3) is 16.8 Å². The first-order valence-corrected chi connectivity index (χ1v) is 12.2. The van der Waals surface area contributed by atoms with E-state index < -0.39 is 18.0 Å². The van der Waals surface area contributed by atoms with E-state index in [0.717, 1.165) is 34.0 Å². The molecule has 37 heavy (non-hydrogen) atoms. The lowest BCUT2D eigenvalue weighted by molar-refractivity contribution is -0.149. The second kappa shape index (κ2) is 9.80. The molecule has 0 saturated carbocycles. The van der Waals surface area contributed by atoms with Crippen LogP contribution in [0.2, 0.25) is 0 Å². The van der Waals surface area contributed by atoms with Crippen LogP contribution in [0.3, 0.4) is 0 Å². The number of carbonyl (C=O) groups is 1. The van der Waals surface area contributed by atoms with E-state index in [1.165, 1.54) is 0 Å². The lowest BCUT2D eigenvalue weighted by Gasteiger charge is -2.37. The molecule has 0 atom stereocenters. The number of ether oxygens (including phenoxy) is 1. The van der Waals surface area contributed by atoms with Crippen molar-refractivity contribution in [1.29, 1.82) is 0 Å². The summed E-state index contributed by atoms with van der Waals surface area (Å²) in [6, 6.07) is 14.7. The van der Waals surface area contributed by atoms with Crippen LogP contribution < -0.4 is 9.64 Å². The summed E-state index contributed by atoms with van der Waals surface area (Å²) in [7, 11) is 0. The Bertz CT molecular complexity index is 1430. The predicted molar refractivity (Wildman–Crippen MR) is 136 cm³/mol. The van der Waals surface area contributed by atoms with Crippen LogP contribution in [-0.4, -0.2) is 45.1 Å². The molecule has 4 aromatic rings. The second-order valence-corrected chi connectivity index (χ2v) is 9.71. The van der Waals surface area contributed by atoms with Gasteiger partial charge in [0.15, 0.2) is 0 Å². The molecule has 192 valence electrons. The van der Waals surface area contributed by atoms with Crippen molar-refractivity contribution in [2.24, 2.45) is 5.41 Å². The van der Waals surface area contributed by atoms with Crippen molar-refractivity contribution in [3.05, 3.63) is 77.9 Å². The summed E-state index contributed by atoms with van der Waals surface area (Å²) in [5, 5.41) is 9.47. The Labute approximate surface area is 213 Å². The average Bonchev–Trinajstić information content (AvgIpc) is 3.19. The summed E-state index contributed by atoms with van der Waals surface area (Å²) < 4.78 is 32.5. The minimum atomic E-state index is -2.89. The van der Waals surface area contributed by atoms with Gasteiger partial charge in [0.2, 0.25) is 0 Å². The maximum absolute atomic E-state index is 12.9. The first-order valence-electron chi connectivity index (χ1n) is 12.2. The minimum Gasteiger partial charge on any atom is -0.481 e. The highest BCUT2D eigenvalue weighted by molar-refractivity contribution is 5.74. The molecular weight excluding hydrogens is 478 g/mol. The van der Waals surface area contributed by atoms with Crippen molar-refractivity contribution >= 4 is 17.4 Å². The van der Waals surface area contributed by atoms with Gasteiger partial charge in [-0.05, 0) is 57.0 Å². The lowest BCUT2D eigenvalue weighted by atomic mass is 9.80. The number of para-hydroxylation sites is 1. The fourth-order valence-electron chi connectivity index (χ4n) is 4.82. The van der Waals surface area contributed by atoms with Crippen molar-refractivity contribution in [2.75, 3.05) is 18.0 Å². The standard InChI is InChI=1S/C28H28F2N4O3/c1-18-22(15-19-5-3-4-6-23(19)37-27(29)30)34-17-21(8-10-25(34)32-18)20-7-9-24(31-16-20)33-13-11-28(2,12-14-33)26(35)36/h3-10,16-17,27H,11-15H2,1-2H3,(H,35,36). The number of nitrogens with zero attached hydrogens (tertiary/aromatic N) is 4. The summed E-state index contributed by atoms with van der Waals surface area (Å²) in [5.41, 5.74) is 4.32. The number of anilines is 1. The zero-order valence-corrected chi connectivity index (χ0v) is 20.7. The van der Waals surface area contributed by atoms with Gasteiger partial charge in [-0.3, -0.25) is 4.79 Å². The Morgan fingerprint density at radius 1 is 1.11 bits per heavy atom. The zero-order valence-electron chi connectivity index (χ0n) is 20.7. The highest BCUT2D eigenvalue weighted by Gasteiger charge is 2.37. The highest BCUT2D eigenvalue weighted by Crippen LogP contribution is 2.33. The number of carboxylic acid groups (broad SMARTS) is 1. The normalized spacial score (nSPS) is 15.3. The van der Waals surface area contributed by atoms with Gasteiger partial charge in [-0.1, -0.05) is 18.2 Å². The molecule has 1 saturated heterocycles. The molecule has 1 fully saturated rings. The fourth-order valence-corrected chi connectivity index (χ4v) is 4.82. The Balaban J connectivity index is 1.39. The Morgan fingerprint density at radius 3 is 2.51 bits per heavy atom. The van der Waals surface area contributed by atoms with E-state index in [1.807, 2.05) is 48.0 Å². The van der Waals surface area contributed by atoms with Crippen LogP contribution in [-0.2, 0) is 11.2 Å². The van der Waals surface area contributed by atoms with Gasteiger partial charge in [-0.25, -0.2) is 9.97 Å². The van der Waals surface area contributed by atoms with Crippen LogP contribution in [0.4, 0.5) is 14.6 Å². The van der Waals surface area contributed by atoms with Gasteiger partial charge in [-0.2, -0.15) is 8.78 Å². The molecule has 1 aromatic carbocycles. The topological polar surface area (TPSA) is 80.0 Å². The molecule has 0 amide bonds. The molecule has 0 unspecified atom stereocenters. The van der Waals surface area contributed by atoms with Crippen LogP contribution in [0, 0.1) is 12.3 Å². The number of aliphatic carboxylic acids is 1. The van der Waals surface area contributed by atoms with E-state index in [1.54, 1.807) is 31.2 Å². The Kier molecular flexibility index (Phi) is 6.54. The summed E-state index contributed by atoms with van der Waals surface area (Å²) in [6.45, 7) is 2.11. The van der Waals surface area contributed by atoms with Gasteiger partial charge in [-0.15, -0.1) is 0 Å². The molecule has 9 heteroatoms. The number of hydrogen-bond donors (Lipinski definition) is 1. The van der Waals surface area contributed by atoms with E-state index >= 15 is 0 Å². The minimum absolute atomic E-state index is 0.157. The van der Waals surface area contributed by atoms with Crippen molar-refractivity contribution in [3.8, 4) is 16.9 Å². The molecular formula is C28H28F2N4O3. The Hall–Kier alpha value is -4.01. The van der Waals surface area contributed by atoms with Crippen molar-refractivity contribution in [1.82, 2.24) is 14.4 Å². The van der Waals surface area contributed by atoms with E-state index in [-0.39, 0.29) is 5.75 Å². The largest absolute Gasteiger partial charge is 0.481 e. The number of halogens is 2. The molecule has 5 rings (SSSR count). The van der Waals surface area contributed by atoms with Gasteiger partial charge in [0.05, 0.1) is 11.1 Å². The average molecular weight is 507 g/mol. The van der Waals surface area contributed by atoms with Gasteiger partial charge in [0.25, 0.3) is 0 Å². The zero-order chi connectivity index (χ0) is 26.2. The first-order chi connectivity index (χ1) is 17.7. The maximum Gasteiger partial charge on any atom is 0.387 e. The number of aromatic nitrogens is 3. The first kappa shape index (κ1) is 24.7. The maximum atomic E-state index is 12.9. The number of piperidine rings is 1. The third-order valence-electron chi connectivity index (χ3n) is 7.25. The molecule has 4 heterocycles. The number of rotatable bonds is 7. The number of pyridine rings is 2.